The Bertz CT molecular complexity index is 490. The molecular formula is C17H24N2O. The van der Waals surface area contributed by atoms with E-state index in [4.69, 9.17) is 0 Å². The summed E-state index contributed by atoms with van der Waals surface area (Å²) in [6.45, 7) is 4.05. The molecule has 0 bridgehead atoms. The summed E-state index contributed by atoms with van der Waals surface area (Å²) in [6, 6.07) is 6.40. The minimum Gasteiger partial charge on any atom is -0.325 e. The molecule has 1 aromatic carbocycles. The summed E-state index contributed by atoms with van der Waals surface area (Å²) in [4.78, 5) is 14.3. The number of likely N-dealkylation sites (tertiary alicyclic amines) is 1. The number of urea groups is 1. The van der Waals surface area contributed by atoms with Gasteiger partial charge in [-0.05, 0) is 61.6 Å². The summed E-state index contributed by atoms with van der Waals surface area (Å²) >= 11 is 0. The molecule has 108 valence electrons. The first-order chi connectivity index (χ1) is 9.74. The maximum Gasteiger partial charge on any atom is 0.321 e. The van der Waals surface area contributed by atoms with Gasteiger partial charge in [-0.2, -0.15) is 0 Å². The van der Waals surface area contributed by atoms with Crippen LogP contribution in [0.1, 0.15) is 43.7 Å². The highest BCUT2D eigenvalue weighted by molar-refractivity contribution is 5.90. The first-order valence-corrected chi connectivity index (χ1v) is 7.91. The van der Waals surface area contributed by atoms with Crippen LogP contribution in [-0.2, 0) is 12.8 Å². The Hall–Kier alpha value is -1.51. The quantitative estimate of drug-likeness (QED) is 0.828. The molecule has 0 spiro atoms. The number of fused-ring (bicyclic) bond motifs is 1. The van der Waals surface area contributed by atoms with Gasteiger partial charge in [0.05, 0.1) is 0 Å². The van der Waals surface area contributed by atoms with Gasteiger partial charge in [0, 0.05) is 18.8 Å². The van der Waals surface area contributed by atoms with Crippen LogP contribution in [0.4, 0.5) is 10.5 Å². The zero-order valence-corrected chi connectivity index (χ0v) is 12.3. The number of carbonyl (C=O) groups excluding carboxylic acids is 1. The van der Waals surface area contributed by atoms with Crippen molar-refractivity contribution in [1.29, 1.82) is 0 Å². The lowest BCUT2D eigenvalue weighted by Crippen LogP contribution is -2.40. The summed E-state index contributed by atoms with van der Waals surface area (Å²) in [7, 11) is 0. The van der Waals surface area contributed by atoms with Gasteiger partial charge in [-0.3, -0.25) is 0 Å². The lowest BCUT2D eigenvalue weighted by Gasteiger charge is -2.31. The van der Waals surface area contributed by atoms with Crippen molar-refractivity contribution in [1.82, 2.24) is 4.90 Å². The summed E-state index contributed by atoms with van der Waals surface area (Å²) in [5.74, 6) is 0.753. The molecule has 2 aliphatic rings. The fourth-order valence-electron chi connectivity index (χ4n) is 3.30. The van der Waals surface area contributed by atoms with E-state index in [1.807, 2.05) is 4.90 Å². The second kappa shape index (κ2) is 5.86. The third kappa shape index (κ3) is 2.82. The number of nitrogens with one attached hydrogen (secondary N) is 1. The topological polar surface area (TPSA) is 32.3 Å². The molecule has 0 atom stereocenters. The van der Waals surface area contributed by atoms with Crippen LogP contribution in [-0.4, -0.2) is 24.0 Å². The Morgan fingerprint density at radius 3 is 2.75 bits per heavy atom. The molecule has 20 heavy (non-hydrogen) atoms. The molecule has 0 saturated carbocycles. The predicted octanol–water partition coefficient (Wildman–Crippen LogP) is 3.83. The molecule has 1 aromatic rings. The fraction of sp³-hybridized carbons (Fsp3) is 0.588. The summed E-state index contributed by atoms with van der Waals surface area (Å²) < 4.78 is 0. The highest BCUT2D eigenvalue weighted by atomic mass is 16.2. The third-order valence-corrected chi connectivity index (χ3v) is 4.71. The number of piperidine rings is 1. The summed E-state index contributed by atoms with van der Waals surface area (Å²) in [5, 5.41) is 3.14. The van der Waals surface area contributed by atoms with Crippen LogP contribution in [0.3, 0.4) is 0 Å². The van der Waals surface area contributed by atoms with E-state index in [0.717, 1.165) is 50.4 Å². The molecule has 1 N–H and O–H groups in total. The maximum atomic E-state index is 12.4. The van der Waals surface area contributed by atoms with Crippen LogP contribution in [0.15, 0.2) is 18.2 Å². The van der Waals surface area contributed by atoms with E-state index in [2.05, 4.69) is 30.4 Å². The smallest absolute Gasteiger partial charge is 0.321 e. The molecule has 1 saturated heterocycles. The number of hydrogen-bond donors (Lipinski definition) is 1. The standard InChI is InChI=1S/C17H24N2O/c1-13-9-11-19(12-10-13)17(20)18-16-8-4-6-14-5-2-3-7-15(14)16/h4,6,8,13H,2-3,5,7,9-12H2,1H3,(H,18,20). The molecule has 0 aromatic heterocycles. The minimum atomic E-state index is 0.0795. The largest absolute Gasteiger partial charge is 0.325 e. The van der Waals surface area contributed by atoms with Gasteiger partial charge in [0.2, 0.25) is 0 Å². The normalized spacial score (nSPS) is 19.6. The first kappa shape index (κ1) is 13.5. The highest BCUT2D eigenvalue weighted by Gasteiger charge is 2.21. The SMILES string of the molecule is CC1CCN(C(=O)Nc2cccc3c2CCCC3)CC1. The number of benzene rings is 1. The van der Waals surface area contributed by atoms with Crippen LogP contribution in [0, 0.1) is 5.92 Å². The molecule has 1 fully saturated rings. The highest BCUT2D eigenvalue weighted by Crippen LogP contribution is 2.28. The summed E-state index contributed by atoms with van der Waals surface area (Å²) in [6.07, 6.45) is 7.01. The average molecular weight is 272 g/mol. The number of anilines is 1. The summed E-state index contributed by atoms with van der Waals surface area (Å²) in [5.41, 5.74) is 3.81. The molecule has 2 amide bonds. The number of aryl methyl sites for hydroxylation is 1. The Morgan fingerprint density at radius 2 is 1.95 bits per heavy atom. The van der Waals surface area contributed by atoms with Gasteiger partial charge in [-0.25, -0.2) is 4.79 Å². The van der Waals surface area contributed by atoms with Crippen LogP contribution >= 0.6 is 0 Å². The molecule has 0 radical (unpaired) electrons. The Balaban J connectivity index is 1.70. The minimum absolute atomic E-state index is 0.0795. The lowest BCUT2D eigenvalue weighted by atomic mass is 9.90. The van der Waals surface area contributed by atoms with Gasteiger partial charge in [-0.1, -0.05) is 19.1 Å². The molecule has 0 unspecified atom stereocenters. The zero-order valence-electron chi connectivity index (χ0n) is 12.3. The van der Waals surface area contributed by atoms with Crippen molar-refractivity contribution in [2.45, 2.75) is 45.4 Å². The molecular weight excluding hydrogens is 248 g/mol. The van der Waals surface area contributed by atoms with Gasteiger partial charge in [0.25, 0.3) is 0 Å². The first-order valence-electron chi connectivity index (χ1n) is 7.91. The van der Waals surface area contributed by atoms with Gasteiger partial charge in [0.15, 0.2) is 0 Å². The van der Waals surface area contributed by atoms with E-state index in [1.165, 1.54) is 24.0 Å². The van der Waals surface area contributed by atoms with Gasteiger partial charge >= 0.3 is 6.03 Å². The van der Waals surface area contributed by atoms with Crippen molar-refractivity contribution in [3.05, 3.63) is 29.3 Å². The number of hydrogen-bond acceptors (Lipinski definition) is 1. The number of carbonyl (C=O) groups is 1. The molecule has 3 nitrogen and oxygen atoms in total. The van der Waals surface area contributed by atoms with Crippen molar-refractivity contribution < 1.29 is 4.79 Å². The molecule has 3 heteroatoms. The Morgan fingerprint density at radius 1 is 1.20 bits per heavy atom. The number of nitrogens with zero attached hydrogens (tertiary/aromatic N) is 1. The van der Waals surface area contributed by atoms with E-state index in [-0.39, 0.29) is 6.03 Å². The zero-order chi connectivity index (χ0) is 13.9. The van der Waals surface area contributed by atoms with Gasteiger partial charge in [0.1, 0.15) is 0 Å². The van der Waals surface area contributed by atoms with E-state index < -0.39 is 0 Å². The maximum absolute atomic E-state index is 12.4. The fourth-order valence-corrected chi connectivity index (χ4v) is 3.30. The second-order valence-corrected chi connectivity index (χ2v) is 6.25. The van der Waals surface area contributed by atoms with E-state index in [9.17, 15) is 4.79 Å². The Labute approximate surface area is 121 Å². The van der Waals surface area contributed by atoms with Crippen molar-refractivity contribution in [2.24, 2.45) is 5.92 Å². The van der Waals surface area contributed by atoms with Crippen molar-refractivity contribution >= 4 is 11.7 Å². The van der Waals surface area contributed by atoms with Crippen molar-refractivity contribution in [3.63, 3.8) is 0 Å². The second-order valence-electron chi connectivity index (χ2n) is 6.25. The monoisotopic (exact) mass is 272 g/mol. The van der Waals surface area contributed by atoms with Crippen LogP contribution in [0.25, 0.3) is 0 Å². The van der Waals surface area contributed by atoms with Crippen LogP contribution in [0.5, 0.6) is 0 Å². The molecule has 1 aliphatic heterocycles. The average Bonchev–Trinajstić information content (AvgIpc) is 2.48. The van der Waals surface area contributed by atoms with Gasteiger partial charge < -0.3 is 10.2 Å². The van der Waals surface area contributed by atoms with E-state index in [1.54, 1.807) is 0 Å². The van der Waals surface area contributed by atoms with Crippen molar-refractivity contribution in [3.8, 4) is 0 Å². The Kier molecular flexibility index (Phi) is 3.95. The molecule has 1 heterocycles. The van der Waals surface area contributed by atoms with Crippen LogP contribution in [0.2, 0.25) is 0 Å². The van der Waals surface area contributed by atoms with E-state index in [0.29, 0.717) is 0 Å². The predicted molar refractivity (Wildman–Crippen MR) is 82.1 cm³/mol. The van der Waals surface area contributed by atoms with E-state index >= 15 is 0 Å². The third-order valence-electron chi connectivity index (χ3n) is 4.71. The van der Waals surface area contributed by atoms with Crippen molar-refractivity contribution in [2.75, 3.05) is 18.4 Å². The lowest BCUT2D eigenvalue weighted by molar-refractivity contribution is 0.186. The van der Waals surface area contributed by atoms with Gasteiger partial charge in [-0.15, -0.1) is 0 Å². The number of rotatable bonds is 1. The molecule has 3 rings (SSSR count). The van der Waals surface area contributed by atoms with Crippen LogP contribution < -0.4 is 5.32 Å². The number of amides is 2. The molecule has 1 aliphatic carbocycles.